The van der Waals surface area contributed by atoms with Crippen LogP contribution in [0.15, 0.2) is 0 Å². The molecule has 0 saturated carbocycles. The van der Waals surface area contributed by atoms with Crippen molar-refractivity contribution in [2.75, 3.05) is 18.9 Å². The molecular formula is C12H25NO3S. The molecule has 0 aliphatic heterocycles. The predicted octanol–water partition coefficient (Wildman–Crippen LogP) is 1.72. The van der Waals surface area contributed by atoms with E-state index in [0.29, 0.717) is 19.4 Å². The number of likely N-dealkylation sites (N-methyl/N-ethyl adjacent to an activating group) is 1. The highest BCUT2D eigenvalue weighted by Crippen LogP contribution is 2.21. The Kier molecular flexibility index (Phi) is 8.64. The van der Waals surface area contributed by atoms with Gasteiger partial charge in [0.1, 0.15) is 5.54 Å². The fourth-order valence-corrected chi connectivity index (χ4v) is 2.59. The molecular weight excluding hydrogens is 238 g/mol. The average Bonchev–Trinajstić information content (AvgIpc) is 2.32. The number of nitrogens with one attached hydrogen (secondary N) is 1. The van der Waals surface area contributed by atoms with Gasteiger partial charge in [0, 0.05) is 5.25 Å². The number of carbonyl (C=O) groups is 1. The first-order chi connectivity index (χ1) is 8.02. The van der Waals surface area contributed by atoms with Crippen LogP contribution in [0, 0.1) is 0 Å². The lowest BCUT2D eigenvalue weighted by molar-refractivity contribution is -0.145. The lowest BCUT2D eigenvalue weighted by Crippen LogP contribution is -2.51. The van der Waals surface area contributed by atoms with Crippen LogP contribution in [-0.2, 0) is 4.79 Å². The summed E-state index contributed by atoms with van der Waals surface area (Å²) in [4.78, 5) is 11.3. The Morgan fingerprint density at radius 3 is 2.53 bits per heavy atom. The van der Waals surface area contributed by atoms with Crippen LogP contribution in [0.2, 0.25) is 0 Å². The Bertz CT molecular complexity index is 226. The molecule has 102 valence electrons. The van der Waals surface area contributed by atoms with E-state index in [1.165, 1.54) is 0 Å². The van der Waals surface area contributed by atoms with Gasteiger partial charge in [-0.1, -0.05) is 20.8 Å². The third kappa shape index (κ3) is 5.75. The van der Waals surface area contributed by atoms with Gasteiger partial charge < -0.3 is 15.5 Å². The summed E-state index contributed by atoms with van der Waals surface area (Å²) in [5.74, 6) is 0.129. The number of carboxylic acid groups (broad SMARTS) is 1. The van der Waals surface area contributed by atoms with Crippen LogP contribution in [-0.4, -0.2) is 45.9 Å². The van der Waals surface area contributed by atoms with E-state index < -0.39 is 11.5 Å². The molecule has 0 radical (unpaired) electrons. The van der Waals surface area contributed by atoms with E-state index in [-0.39, 0.29) is 11.9 Å². The summed E-state index contributed by atoms with van der Waals surface area (Å²) in [5, 5.41) is 21.5. The van der Waals surface area contributed by atoms with Crippen molar-refractivity contribution in [1.82, 2.24) is 5.32 Å². The Morgan fingerprint density at radius 1 is 1.47 bits per heavy atom. The predicted molar refractivity (Wildman–Crippen MR) is 72.6 cm³/mol. The molecule has 0 bridgehead atoms. The molecule has 0 rings (SSSR count). The maximum Gasteiger partial charge on any atom is 0.323 e. The van der Waals surface area contributed by atoms with Gasteiger partial charge in [-0.25, -0.2) is 0 Å². The summed E-state index contributed by atoms with van der Waals surface area (Å²) in [7, 11) is 0. The zero-order valence-corrected chi connectivity index (χ0v) is 11.8. The third-order valence-corrected chi connectivity index (χ3v) is 4.18. The molecule has 0 aromatic rings. The Balaban J connectivity index is 4.12. The largest absolute Gasteiger partial charge is 0.480 e. The lowest BCUT2D eigenvalue weighted by Gasteiger charge is -2.29. The van der Waals surface area contributed by atoms with Crippen molar-refractivity contribution in [2.24, 2.45) is 0 Å². The van der Waals surface area contributed by atoms with Crippen molar-refractivity contribution in [3.8, 4) is 0 Å². The van der Waals surface area contributed by atoms with E-state index in [9.17, 15) is 9.90 Å². The number of rotatable bonds is 10. The molecule has 0 aromatic heterocycles. The number of hydrogen-bond acceptors (Lipinski definition) is 4. The number of aliphatic hydroxyl groups excluding tert-OH is 1. The highest BCUT2D eigenvalue weighted by molar-refractivity contribution is 7.99. The van der Waals surface area contributed by atoms with Crippen molar-refractivity contribution in [3.05, 3.63) is 0 Å². The Labute approximate surface area is 108 Å². The number of thioether (sulfide) groups is 1. The number of carboxylic acids is 1. The zero-order chi connectivity index (χ0) is 13.3. The topological polar surface area (TPSA) is 69.6 Å². The summed E-state index contributed by atoms with van der Waals surface area (Å²) >= 11 is 1.69. The van der Waals surface area contributed by atoms with Crippen LogP contribution < -0.4 is 5.32 Å². The molecule has 4 nitrogen and oxygen atoms in total. The first-order valence-electron chi connectivity index (χ1n) is 6.23. The van der Waals surface area contributed by atoms with Crippen LogP contribution in [0.5, 0.6) is 0 Å². The lowest BCUT2D eigenvalue weighted by atomic mass is 9.91. The smallest absolute Gasteiger partial charge is 0.323 e. The van der Waals surface area contributed by atoms with Crippen molar-refractivity contribution in [3.63, 3.8) is 0 Å². The van der Waals surface area contributed by atoms with Crippen LogP contribution in [0.25, 0.3) is 0 Å². The van der Waals surface area contributed by atoms with Crippen molar-refractivity contribution >= 4 is 17.7 Å². The second kappa shape index (κ2) is 8.78. The second-order valence-electron chi connectivity index (χ2n) is 4.24. The molecule has 2 unspecified atom stereocenters. The molecule has 0 saturated heterocycles. The number of hydrogen-bond donors (Lipinski definition) is 3. The summed E-state index contributed by atoms with van der Waals surface area (Å²) < 4.78 is 0. The molecule has 0 heterocycles. The zero-order valence-electron chi connectivity index (χ0n) is 11.0. The minimum Gasteiger partial charge on any atom is -0.480 e. The van der Waals surface area contributed by atoms with Gasteiger partial charge in [-0.15, -0.1) is 0 Å². The normalized spacial score (nSPS) is 16.5. The fourth-order valence-electron chi connectivity index (χ4n) is 1.77. The van der Waals surface area contributed by atoms with Gasteiger partial charge in [0.2, 0.25) is 0 Å². The van der Waals surface area contributed by atoms with E-state index in [4.69, 9.17) is 5.11 Å². The second-order valence-corrected chi connectivity index (χ2v) is 5.78. The maximum absolute atomic E-state index is 11.3. The van der Waals surface area contributed by atoms with E-state index in [1.807, 2.05) is 20.8 Å². The standard InChI is InChI=1S/C12H25NO3S/c1-4-12(11(15)16,13-5-2)7-6-8-17-10(3)9-14/h10,13-14H,4-9H2,1-3H3,(H,15,16). The highest BCUT2D eigenvalue weighted by Gasteiger charge is 2.34. The van der Waals surface area contributed by atoms with Gasteiger partial charge in [-0.3, -0.25) is 4.79 Å². The maximum atomic E-state index is 11.3. The number of aliphatic hydroxyl groups is 1. The van der Waals surface area contributed by atoms with Gasteiger partial charge >= 0.3 is 5.97 Å². The van der Waals surface area contributed by atoms with Crippen molar-refractivity contribution in [2.45, 2.75) is 50.8 Å². The molecule has 0 fully saturated rings. The van der Waals surface area contributed by atoms with Gasteiger partial charge in [0.15, 0.2) is 0 Å². The van der Waals surface area contributed by atoms with Crippen molar-refractivity contribution < 1.29 is 15.0 Å². The molecule has 5 heteroatoms. The summed E-state index contributed by atoms with van der Waals surface area (Å²) in [6.45, 7) is 6.64. The molecule has 0 aliphatic carbocycles. The molecule has 2 atom stereocenters. The quantitative estimate of drug-likeness (QED) is 0.524. The Morgan fingerprint density at radius 2 is 2.12 bits per heavy atom. The molecule has 17 heavy (non-hydrogen) atoms. The summed E-state index contributed by atoms with van der Waals surface area (Å²) in [5.41, 5.74) is -0.780. The van der Waals surface area contributed by atoms with E-state index in [1.54, 1.807) is 11.8 Å². The van der Waals surface area contributed by atoms with Crippen LogP contribution in [0.3, 0.4) is 0 Å². The summed E-state index contributed by atoms with van der Waals surface area (Å²) in [6.07, 6.45) is 2.08. The van der Waals surface area contributed by atoms with E-state index in [2.05, 4.69) is 5.32 Å². The minimum absolute atomic E-state index is 0.176. The fraction of sp³-hybridized carbons (Fsp3) is 0.917. The van der Waals surface area contributed by atoms with Crippen molar-refractivity contribution in [1.29, 1.82) is 0 Å². The van der Waals surface area contributed by atoms with Crippen LogP contribution >= 0.6 is 11.8 Å². The van der Waals surface area contributed by atoms with Gasteiger partial charge in [-0.05, 0) is 31.6 Å². The van der Waals surface area contributed by atoms with Gasteiger partial charge in [-0.2, -0.15) is 11.8 Å². The monoisotopic (exact) mass is 263 g/mol. The Hall–Kier alpha value is -0.260. The van der Waals surface area contributed by atoms with Gasteiger partial charge in [0.25, 0.3) is 0 Å². The molecule has 0 aromatic carbocycles. The molecule has 0 aliphatic rings. The third-order valence-electron chi connectivity index (χ3n) is 2.94. The van der Waals surface area contributed by atoms with Crippen LogP contribution in [0.1, 0.15) is 40.0 Å². The van der Waals surface area contributed by atoms with E-state index in [0.717, 1.165) is 12.2 Å². The molecule has 0 amide bonds. The average molecular weight is 263 g/mol. The number of aliphatic carboxylic acids is 1. The minimum atomic E-state index is -0.780. The van der Waals surface area contributed by atoms with Gasteiger partial charge in [0.05, 0.1) is 6.61 Å². The molecule has 0 spiro atoms. The highest BCUT2D eigenvalue weighted by atomic mass is 32.2. The SMILES string of the molecule is CCNC(CC)(CCCSC(C)CO)C(=O)O. The summed E-state index contributed by atoms with van der Waals surface area (Å²) in [6, 6.07) is 0. The van der Waals surface area contributed by atoms with Crippen LogP contribution in [0.4, 0.5) is 0 Å². The first-order valence-corrected chi connectivity index (χ1v) is 7.28. The first kappa shape index (κ1) is 16.7. The molecule has 3 N–H and O–H groups in total. The van der Waals surface area contributed by atoms with E-state index >= 15 is 0 Å².